The van der Waals surface area contributed by atoms with Crippen LogP contribution in [0, 0.1) is 0 Å². The van der Waals surface area contributed by atoms with Crippen molar-refractivity contribution >= 4 is 16.8 Å². The molecular weight excluding hydrogens is 300 g/mol. The molecule has 1 aromatic rings. The average molecular weight is 326 g/mol. The Balaban J connectivity index is 2.32. The van der Waals surface area contributed by atoms with Crippen molar-refractivity contribution in [2.75, 3.05) is 26.0 Å². The van der Waals surface area contributed by atoms with E-state index in [4.69, 9.17) is 4.74 Å². The third-order valence-electron chi connectivity index (χ3n) is 3.16. The molecule has 124 valence electrons. The van der Waals surface area contributed by atoms with Crippen molar-refractivity contribution in [3.05, 3.63) is 35.9 Å². The molecule has 0 heterocycles. The first-order valence-corrected chi connectivity index (χ1v) is 8.64. The second-order valence-corrected chi connectivity index (χ2v) is 8.26. The van der Waals surface area contributed by atoms with Crippen LogP contribution in [0.5, 0.6) is 0 Å². The van der Waals surface area contributed by atoms with Crippen LogP contribution in [-0.4, -0.2) is 40.9 Å². The van der Waals surface area contributed by atoms with Crippen molar-refractivity contribution in [2.24, 2.45) is 0 Å². The number of methoxy groups -OCH3 is 1. The minimum absolute atomic E-state index is 0.185. The Labute approximate surface area is 135 Å². The molecule has 2 amide bonds. The van der Waals surface area contributed by atoms with E-state index < -0.39 is 10.8 Å². The van der Waals surface area contributed by atoms with E-state index in [2.05, 4.69) is 10.6 Å². The van der Waals surface area contributed by atoms with Gasteiger partial charge in [0.2, 0.25) is 0 Å². The van der Waals surface area contributed by atoms with Gasteiger partial charge < -0.3 is 15.4 Å². The molecule has 5 nitrogen and oxygen atoms in total. The topological polar surface area (TPSA) is 67.4 Å². The van der Waals surface area contributed by atoms with Crippen molar-refractivity contribution in [3.63, 3.8) is 0 Å². The van der Waals surface area contributed by atoms with E-state index in [9.17, 15) is 9.00 Å². The molecule has 0 unspecified atom stereocenters. The number of nitrogens with one attached hydrogen (secondary N) is 2. The molecule has 6 heteroatoms. The Hall–Kier alpha value is -1.40. The van der Waals surface area contributed by atoms with Crippen LogP contribution in [0.4, 0.5) is 4.79 Å². The Bertz CT molecular complexity index is 486. The lowest BCUT2D eigenvalue weighted by Gasteiger charge is -2.18. The van der Waals surface area contributed by atoms with Crippen molar-refractivity contribution in [2.45, 2.75) is 31.6 Å². The van der Waals surface area contributed by atoms with Crippen LogP contribution in [0.3, 0.4) is 0 Å². The minimum atomic E-state index is -0.965. The smallest absolute Gasteiger partial charge is 0.314 e. The van der Waals surface area contributed by atoms with Gasteiger partial charge in [-0.05, 0) is 26.3 Å². The number of hydrogen-bond donors (Lipinski definition) is 2. The summed E-state index contributed by atoms with van der Waals surface area (Å²) in [6, 6.07) is 9.45. The summed E-state index contributed by atoms with van der Waals surface area (Å²) >= 11 is 0. The van der Waals surface area contributed by atoms with Gasteiger partial charge in [0, 0.05) is 41.5 Å². The predicted octanol–water partition coefficient (Wildman–Crippen LogP) is 2.22. The number of carbonyl (C=O) groups excluding carboxylic acids is 1. The van der Waals surface area contributed by atoms with Crippen LogP contribution >= 0.6 is 0 Å². The van der Waals surface area contributed by atoms with E-state index in [1.165, 1.54) is 0 Å². The lowest BCUT2D eigenvalue weighted by Crippen LogP contribution is -2.40. The summed E-state index contributed by atoms with van der Waals surface area (Å²) < 4.78 is 17.0. The number of rotatable bonds is 7. The first kappa shape index (κ1) is 18.6. The zero-order valence-corrected chi connectivity index (χ0v) is 14.5. The van der Waals surface area contributed by atoms with E-state index >= 15 is 0 Å². The van der Waals surface area contributed by atoms with Gasteiger partial charge >= 0.3 is 6.03 Å². The van der Waals surface area contributed by atoms with E-state index in [1.54, 1.807) is 7.11 Å². The van der Waals surface area contributed by atoms with Crippen molar-refractivity contribution in [1.82, 2.24) is 10.6 Å². The number of hydrogen-bond acceptors (Lipinski definition) is 3. The van der Waals surface area contributed by atoms with Gasteiger partial charge in [0.05, 0.1) is 6.10 Å². The lowest BCUT2D eigenvalue weighted by molar-refractivity contribution is 0.104. The molecule has 0 radical (unpaired) electrons. The number of urea groups is 1. The summed E-state index contributed by atoms with van der Waals surface area (Å²) in [6.45, 7) is 6.54. The highest BCUT2D eigenvalue weighted by Gasteiger charge is 2.19. The molecule has 0 fully saturated rings. The standard InChI is InChI=1S/C16H26N2O3S/c1-16(2,3)22(20)11-10-17-15(19)18-12-14(21-4)13-8-6-5-7-9-13/h5-9,14H,10-12H2,1-4H3,(H2,17,18,19)/t14-,22+/m1/s1. The fraction of sp³-hybridized carbons (Fsp3) is 0.562. The van der Waals surface area contributed by atoms with Crippen LogP contribution in [0.1, 0.15) is 32.4 Å². The average Bonchev–Trinajstić information content (AvgIpc) is 2.48. The van der Waals surface area contributed by atoms with E-state index in [1.807, 2.05) is 51.1 Å². The van der Waals surface area contributed by atoms with Gasteiger partial charge in [-0.3, -0.25) is 4.21 Å². The molecule has 0 aliphatic carbocycles. The zero-order chi connectivity index (χ0) is 16.6. The Morgan fingerprint density at radius 1 is 1.23 bits per heavy atom. The van der Waals surface area contributed by atoms with Gasteiger partial charge in [-0.1, -0.05) is 30.3 Å². The fourth-order valence-corrected chi connectivity index (χ4v) is 2.72. The first-order chi connectivity index (χ1) is 10.3. The lowest BCUT2D eigenvalue weighted by atomic mass is 10.1. The molecule has 2 atom stereocenters. The molecule has 0 saturated heterocycles. The molecule has 0 aliphatic heterocycles. The monoisotopic (exact) mass is 326 g/mol. The largest absolute Gasteiger partial charge is 0.375 e. The molecule has 0 spiro atoms. The van der Waals surface area contributed by atoms with Crippen LogP contribution in [0.15, 0.2) is 30.3 Å². The third kappa shape index (κ3) is 6.58. The highest BCUT2D eigenvalue weighted by Crippen LogP contribution is 2.14. The maximum atomic E-state index is 11.9. The first-order valence-electron chi connectivity index (χ1n) is 7.32. The Morgan fingerprint density at radius 2 is 1.86 bits per heavy atom. The second-order valence-electron chi connectivity index (χ2n) is 5.93. The van der Waals surface area contributed by atoms with Gasteiger partial charge in [0.15, 0.2) is 0 Å². The summed E-state index contributed by atoms with van der Waals surface area (Å²) in [7, 11) is 0.650. The van der Waals surface area contributed by atoms with E-state index in [0.29, 0.717) is 18.8 Å². The van der Waals surface area contributed by atoms with Gasteiger partial charge in [-0.2, -0.15) is 0 Å². The van der Waals surface area contributed by atoms with Crippen LogP contribution < -0.4 is 10.6 Å². The third-order valence-corrected chi connectivity index (χ3v) is 5.10. The summed E-state index contributed by atoms with van der Waals surface area (Å²) in [5, 5.41) is 5.49. The van der Waals surface area contributed by atoms with Crippen LogP contribution in [0.25, 0.3) is 0 Å². The van der Waals surface area contributed by atoms with Gasteiger partial charge in [0.1, 0.15) is 0 Å². The second kappa shape index (κ2) is 8.90. The maximum Gasteiger partial charge on any atom is 0.314 e. The molecule has 22 heavy (non-hydrogen) atoms. The molecule has 0 bridgehead atoms. The summed E-state index contributed by atoms with van der Waals surface area (Å²) in [5.41, 5.74) is 1.01. The van der Waals surface area contributed by atoms with Crippen molar-refractivity contribution in [1.29, 1.82) is 0 Å². The SMILES string of the molecule is CO[C@H](CNC(=O)NCC[S@](=O)C(C)(C)C)c1ccccc1. The van der Waals surface area contributed by atoms with Crippen LogP contribution in [-0.2, 0) is 15.5 Å². The van der Waals surface area contributed by atoms with Crippen molar-refractivity contribution in [3.8, 4) is 0 Å². The highest BCUT2D eigenvalue weighted by molar-refractivity contribution is 7.86. The summed E-state index contributed by atoms with van der Waals surface area (Å²) in [5.74, 6) is 0.448. The molecule has 0 aliphatic rings. The Kier molecular flexibility index (Phi) is 7.55. The number of amides is 2. The normalized spacial score (nSPS) is 14.2. The highest BCUT2D eigenvalue weighted by atomic mass is 32.2. The van der Waals surface area contributed by atoms with Gasteiger partial charge in [0.25, 0.3) is 0 Å². The van der Waals surface area contributed by atoms with Gasteiger partial charge in [-0.15, -0.1) is 0 Å². The van der Waals surface area contributed by atoms with Crippen molar-refractivity contribution < 1.29 is 13.7 Å². The number of benzene rings is 1. The minimum Gasteiger partial charge on any atom is -0.375 e. The van der Waals surface area contributed by atoms with E-state index in [-0.39, 0.29) is 16.9 Å². The molecule has 0 saturated carbocycles. The maximum absolute atomic E-state index is 11.9. The predicted molar refractivity (Wildman–Crippen MR) is 90.4 cm³/mol. The van der Waals surface area contributed by atoms with Gasteiger partial charge in [-0.25, -0.2) is 4.79 Å². The molecule has 0 aromatic heterocycles. The molecular formula is C16H26N2O3S. The van der Waals surface area contributed by atoms with Crippen LogP contribution in [0.2, 0.25) is 0 Å². The molecule has 1 rings (SSSR count). The molecule has 2 N–H and O–H groups in total. The quantitative estimate of drug-likeness (QED) is 0.807. The fourth-order valence-electron chi connectivity index (χ4n) is 1.82. The zero-order valence-electron chi connectivity index (χ0n) is 13.7. The van der Waals surface area contributed by atoms with E-state index in [0.717, 1.165) is 5.56 Å². The summed E-state index contributed by atoms with van der Waals surface area (Å²) in [6.07, 6.45) is -0.185. The summed E-state index contributed by atoms with van der Waals surface area (Å²) in [4.78, 5) is 11.7. The molecule has 1 aromatic carbocycles. The Morgan fingerprint density at radius 3 is 2.41 bits per heavy atom. The number of carbonyl (C=O) groups is 1. The number of ether oxygens (including phenoxy) is 1.